The summed E-state index contributed by atoms with van der Waals surface area (Å²) >= 11 is 6.30. The molecule has 0 unspecified atom stereocenters. The number of benzene rings is 2. The maximum absolute atomic E-state index is 14.0. The molecule has 0 bridgehead atoms. The summed E-state index contributed by atoms with van der Waals surface area (Å²) in [6.45, 7) is 4.97. The van der Waals surface area contributed by atoms with Crippen molar-refractivity contribution in [3.8, 4) is 5.75 Å². The van der Waals surface area contributed by atoms with E-state index in [4.69, 9.17) is 16.3 Å². The van der Waals surface area contributed by atoms with E-state index in [2.05, 4.69) is 37.2 Å². The molecule has 4 N–H and O–H groups in total. The SMILES string of the molecule is C=CC(=O)Nc1cc(Nc2ncc(Cl)c(Nc3cc(F)ccc3NS(C)(=O)=O)n2)c(OC)cc1N(C)CCN(C)C. The monoisotopic (exact) mass is 606 g/mol. The van der Waals surface area contributed by atoms with Crippen LogP contribution in [0, 0.1) is 5.82 Å². The lowest BCUT2D eigenvalue weighted by atomic mass is 10.2. The Morgan fingerprint density at radius 1 is 1.10 bits per heavy atom. The number of carbonyl (C=O) groups excluding carboxylic acids is 1. The highest BCUT2D eigenvalue weighted by atomic mass is 35.5. The number of likely N-dealkylation sites (N-methyl/N-ethyl adjacent to an activating group) is 2. The van der Waals surface area contributed by atoms with E-state index in [-0.39, 0.29) is 28.2 Å². The van der Waals surface area contributed by atoms with Gasteiger partial charge in [-0.25, -0.2) is 17.8 Å². The molecule has 0 aliphatic carbocycles. The van der Waals surface area contributed by atoms with Gasteiger partial charge in [-0.1, -0.05) is 18.2 Å². The van der Waals surface area contributed by atoms with Crippen LogP contribution < -0.4 is 30.3 Å². The van der Waals surface area contributed by atoms with Crippen LogP contribution in [0.25, 0.3) is 0 Å². The van der Waals surface area contributed by atoms with Crippen molar-refractivity contribution in [3.63, 3.8) is 0 Å². The van der Waals surface area contributed by atoms with Gasteiger partial charge in [-0.15, -0.1) is 0 Å². The van der Waals surface area contributed by atoms with Gasteiger partial charge < -0.3 is 30.5 Å². The van der Waals surface area contributed by atoms with Gasteiger partial charge in [0.15, 0.2) is 5.82 Å². The highest BCUT2D eigenvalue weighted by Crippen LogP contribution is 2.38. The van der Waals surface area contributed by atoms with Crippen LogP contribution >= 0.6 is 11.6 Å². The Hall–Kier alpha value is -4.14. The van der Waals surface area contributed by atoms with Gasteiger partial charge in [-0.05, 0) is 44.4 Å². The molecule has 3 aromatic rings. The molecular formula is C26H32ClFN8O4S. The predicted octanol–water partition coefficient (Wildman–Crippen LogP) is 4.26. The van der Waals surface area contributed by atoms with Crippen molar-refractivity contribution >= 4 is 67.7 Å². The number of ether oxygens (including phenoxy) is 1. The van der Waals surface area contributed by atoms with E-state index >= 15 is 0 Å². The summed E-state index contributed by atoms with van der Waals surface area (Å²) in [4.78, 5) is 24.8. The highest BCUT2D eigenvalue weighted by molar-refractivity contribution is 7.92. The molecule has 2 aromatic carbocycles. The maximum Gasteiger partial charge on any atom is 0.247 e. The van der Waals surface area contributed by atoms with Crippen molar-refractivity contribution in [2.45, 2.75) is 0 Å². The van der Waals surface area contributed by atoms with E-state index in [1.54, 1.807) is 12.1 Å². The Balaban J connectivity index is 1.99. The van der Waals surface area contributed by atoms with Crippen molar-refractivity contribution < 1.29 is 22.3 Å². The number of carbonyl (C=O) groups is 1. The van der Waals surface area contributed by atoms with Gasteiger partial charge in [0.25, 0.3) is 0 Å². The molecule has 1 amide bonds. The molecule has 0 saturated heterocycles. The zero-order valence-electron chi connectivity index (χ0n) is 23.2. The zero-order chi connectivity index (χ0) is 30.3. The third-order valence-electron chi connectivity index (χ3n) is 5.58. The largest absolute Gasteiger partial charge is 0.494 e. The number of aromatic nitrogens is 2. The molecule has 0 aliphatic rings. The maximum atomic E-state index is 14.0. The molecule has 0 fully saturated rings. The minimum absolute atomic E-state index is 0.0745. The quantitative estimate of drug-likeness (QED) is 0.209. The topological polar surface area (TPSA) is 141 Å². The van der Waals surface area contributed by atoms with Crippen LogP contribution in [0.2, 0.25) is 5.02 Å². The molecule has 1 heterocycles. The van der Waals surface area contributed by atoms with Crippen molar-refractivity contribution in [2.75, 3.05) is 73.2 Å². The molecule has 0 spiro atoms. The second-order valence-electron chi connectivity index (χ2n) is 9.19. The van der Waals surface area contributed by atoms with Gasteiger partial charge in [0, 0.05) is 26.2 Å². The average molecular weight is 607 g/mol. The Morgan fingerprint density at radius 2 is 1.83 bits per heavy atom. The van der Waals surface area contributed by atoms with Gasteiger partial charge >= 0.3 is 0 Å². The number of nitrogens with one attached hydrogen (secondary N) is 4. The first-order valence-electron chi connectivity index (χ1n) is 12.1. The van der Waals surface area contributed by atoms with Gasteiger partial charge in [-0.3, -0.25) is 9.52 Å². The van der Waals surface area contributed by atoms with Gasteiger partial charge in [-0.2, -0.15) is 4.98 Å². The third kappa shape index (κ3) is 8.93. The Kier molecular flexibility index (Phi) is 10.3. The van der Waals surface area contributed by atoms with Crippen molar-refractivity contribution in [1.82, 2.24) is 14.9 Å². The van der Waals surface area contributed by atoms with E-state index in [1.165, 1.54) is 25.4 Å². The summed E-state index contributed by atoms with van der Waals surface area (Å²) in [5.41, 5.74) is 1.80. The van der Waals surface area contributed by atoms with Crippen molar-refractivity contribution in [1.29, 1.82) is 0 Å². The van der Waals surface area contributed by atoms with E-state index < -0.39 is 21.7 Å². The fraction of sp³-hybridized carbons (Fsp3) is 0.269. The number of halogens is 2. The fourth-order valence-corrected chi connectivity index (χ4v) is 4.29. The van der Waals surface area contributed by atoms with Crippen LogP contribution in [0.3, 0.4) is 0 Å². The highest BCUT2D eigenvalue weighted by Gasteiger charge is 2.18. The standard InChI is InChI=1S/C26H32ClFN8O4S/c1-7-24(37)30-20-13-21(23(40-5)14-22(20)36(4)11-10-35(2)3)32-26-29-15-17(27)25(33-26)31-19-12-16(28)8-9-18(19)34-41(6,38)39/h7-9,12-15,34H,1,10-11H2,2-6H3,(H,30,37)(H2,29,31,32,33). The molecule has 0 atom stereocenters. The van der Waals surface area contributed by atoms with Crippen LogP contribution in [0.5, 0.6) is 5.75 Å². The summed E-state index contributed by atoms with van der Waals surface area (Å²) < 4.78 is 45.5. The van der Waals surface area contributed by atoms with E-state index in [0.717, 1.165) is 24.9 Å². The molecular weight excluding hydrogens is 575 g/mol. The molecule has 3 rings (SSSR count). The van der Waals surface area contributed by atoms with Crippen LogP contribution in [0.4, 0.5) is 44.6 Å². The summed E-state index contributed by atoms with van der Waals surface area (Å²) in [5.74, 6) is -0.411. The normalized spacial score (nSPS) is 11.1. The Bertz CT molecular complexity index is 1540. The number of nitrogens with zero attached hydrogens (tertiary/aromatic N) is 4. The zero-order valence-corrected chi connectivity index (χ0v) is 24.8. The minimum Gasteiger partial charge on any atom is -0.494 e. The van der Waals surface area contributed by atoms with Gasteiger partial charge in [0.05, 0.1) is 48.0 Å². The lowest BCUT2D eigenvalue weighted by Crippen LogP contribution is -2.29. The summed E-state index contributed by atoms with van der Waals surface area (Å²) in [5, 5.41) is 8.81. The van der Waals surface area contributed by atoms with Crippen molar-refractivity contribution in [2.24, 2.45) is 0 Å². The third-order valence-corrected chi connectivity index (χ3v) is 6.44. The van der Waals surface area contributed by atoms with Crippen LogP contribution in [-0.4, -0.2) is 76.8 Å². The molecule has 0 saturated carbocycles. The van der Waals surface area contributed by atoms with Crippen LogP contribution in [-0.2, 0) is 14.8 Å². The molecule has 0 radical (unpaired) electrons. The predicted molar refractivity (Wildman–Crippen MR) is 162 cm³/mol. The molecule has 220 valence electrons. The van der Waals surface area contributed by atoms with Gasteiger partial charge in [0.2, 0.25) is 21.9 Å². The number of amides is 1. The van der Waals surface area contributed by atoms with E-state index in [0.29, 0.717) is 29.4 Å². The Morgan fingerprint density at radius 3 is 2.46 bits per heavy atom. The first-order valence-corrected chi connectivity index (χ1v) is 14.4. The number of sulfonamides is 1. The minimum atomic E-state index is -3.65. The Labute approximate surface area is 243 Å². The lowest BCUT2D eigenvalue weighted by molar-refractivity contribution is -0.111. The number of anilines is 7. The van der Waals surface area contributed by atoms with E-state index in [1.807, 2.05) is 30.9 Å². The van der Waals surface area contributed by atoms with Gasteiger partial charge in [0.1, 0.15) is 16.6 Å². The van der Waals surface area contributed by atoms with Crippen LogP contribution in [0.1, 0.15) is 0 Å². The molecule has 41 heavy (non-hydrogen) atoms. The number of hydrogen-bond acceptors (Lipinski definition) is 10. The number of rotatable bonds is 13. The smallest absolute Gasteiger partial charge is 0.247 e. The average Bonchev–Trinajstić information content (AvgIpc) is 2.90. The second kappa shape index (κ2) is 13.5. The number of hydrogen-bond donors (Lipinski definition) is 4. The summed E-state index contributed by atoms with van der Waals surface area (Å²) in [7, 11) is 3.68. The van der Waals surface area contributed by atoms with Crippen LogP contribution in [0.15, 0.2) is 49.2 Å². The fourth-order valence-electron chi connectivity index (χ4n) is 3.58. The first kappa shape index (κ1) is 31.4. The lowest BCUT2D eigenvalue weighted by Gasteiger charge is -2.26. The molecule has 12 nitrogen and oxygen atoms in total. The van der Waals surface area contributed by atoms with Crippen molar-refractivity contribution in [3.05, 3.63) is 60.0 Å². The molecule has 1 aromatic heterocycles. The summed E-state index contributed by atoms with van der Waals surface area (Å²) in [6.07, 6.45) is 3.46. The molecule has 0 aliphatic heterocycles. The first-order chi connectivity index (χ1) is 19.3. The van der Waals surface area contributed by atoms with E-state index in [9.17, 15) is 17.6 Å². The second-order valence-corrected chi connectivity index (χ2v) is 11.3. The molecule has 15 heteroatoms. The summed E-state index contributed by atoms with van der Waals surface area (Å²) in [6, 6.07) is 6.93. The number of methoxy groups -OCH3 is 1.